The molecule has 1 aliphatic heterocycles. The van der Waals surface area contributed by atoms with Crippen molar-refractivity contribution in [1.82, 2.24) is 14.2 Å². The van der Waals surface area contributed by atoms with Gasteiger partial charge in [0.1, 0.15) is 0 Å². The van der Waals surface area contributed by atoms with E-state index in [0.717, 1.165) is 26.2 Å². The van der Waals surface area contributed by atoms with Gasteiger partial charge in [0.15, 0.2) is 0 Å². The number of piperazine rings is 1. The Labute approximate surface area is 108 Å². The Morgan fingerprint density at radius 3 is 2.88 bits per heavy atom. The van der Waals surface area contributed by atoms with Gasteiger partial charge in [0.25, 0.3) is 0 Å². The van der Waals surface area contributed by atoms with Crippen LogP contribution in [0.1, 0.15) is 12.5 Å². The largest absolute Gasteiger partial charge is 0.481 e. The predicted octanol–water partition coefficient (Wildman–Crippen LogP) is 1.44. The van der Waals surface area contributed by atoms with Crippen LogP contribution >= 0.6 is 12.8 Å². The van der Waals surface area contributed by atoms with Crippen molar-refractivity contribution in [3.63, 3.8) is 0 Å². The van der Waals surface area contributed by atoms with Crippen molar-refractivity contribution in [1.29, 1.82) is 0 Å². The van der Waals surface area contributed by atoms with E-state index >= 15 is 0 Å². The molecule has 2 heterocycles. The lowest BCUT2D eigenvalue weighted by Crippen LogP contribution is -2.47. The zero-order chi connectivity index (χ0) is 12.3. The molecule has 1 aromatic rings. The number of hydrogen-bond donors (Lipinski definition) is 1. The molecule has 2 rings (SSSR count). The van der Waals surface area contributed by atoms with E-state index in [1.807, 2.05) is 12.3 Å². The summed E-state index contributed by atoms with van der Waals surface area (Å²) < 4.78 is 7.15. The Balaban J connectivity index is 1.92. The summed E-state index contributed by atoms with van der Waals surface area (Å²) in [4.78, 5) is 6.65. The standard InChI is InChI=1S/C12H19N3OS/c1-10-8-14(5-6-15(10)17)9-11-3-4-12(16-2)13-7-11/h3-4,7,10,17H,5-6,8-9H2,1-2H3. The second kappa shape index (κ2) is 5.71. The summed E-state index contributed by atoms with van der Waals surface area (Å²) in [6.07, 6.45) is 1.89. The maximum atomic E-state index is 5.05. The topological polar surface area (TPSA) is 28.6 Å². The molecule has 1 aliphatic rings. The van der Waals surface area contributed by atoms with Gasteiger partial charge in [-0.3, -0.25) is 4.90 Å². The lowest BCUT2D eigenvalue weighted by atomic mass is 10.2. The van der Waals surface area contributed by atoms with Crippen LogP contribution in [0.15, 0.2) is 18.3 Å². The molecule has 1 saturated heterocycles. The third kappa shape index (κ3) is 3.34. The number of methoxy groups -OCH3 is 1. The van der Waals surface area contributed by atoms with Crippen LogP contribution in [0, 0.1) is 0 Å². The maximum Gasteiger partial charge on any atom is 0.212 e. The number of nitrogens with zero attached hydrogens (tertiary/aromatic N) is 3. The summed E-state index contributed by atoms with van der Waals surface area (Å²) in [5.41, 5.74) is 1.23. The first-order valence-electron chi connectivity index (χ1n) is 5.86. The van der Waals surface area contributed by atoms with E-state index in [1.54, 1.807) is 7.11 Å². The lowest BCUT2D eigenvalue weighted by molar-refractivity contribution is 0.147. The molecule has 0 aromatic carbocycles. The van der Waals surface area contributed by atoms with Gasteiger partial charge in [0, 0.05) is 44.5 Å². The molecule has 0 amide bonds. The number of thiol groups is 1. The van der Waals surface area contributed by atoms with Gasteiger partial charge in [-0.2, -0.15) is 0 Å². The van der Waals surface area contributed by atoms with Gasteiger partial charge in [0.05, 0.1) is 7.11 Å². The Morgan fingerprint density at radius 2 is 2.29 bits per heavy atom. The Morgan fingerprint density at radius 1 is 1.47 bits per heavy atom. The highest BCUT2D eigenvalue weighted by Crippen LogP contribution is 2.15. The average Bonchev–Trinajstić information content (AvgIpc) is 2.35. The van der Waals surface area contributed by atoms with E-state index in [4.69, 9.17) is 4.74 Å². The smallest absolute Gasteiger partial charge is 0.212 e. The zero-order valence-corrected chi connectivity index (χ0v) is 11.2. The van der Waals surface area contributed by atoms with E-state index in [9.17, 15) is 0 Å². The third-order valence-electron chi connectivity index (χ3n) is 3.09. The molecule has 1 aromatic heterocycles. The van der Waals surface area contributed by atoms with E-state index in [-0.39, 0.29) is 0 Å². The molecular weight excluding hydrogens is 234 g/mol. The van der Waals surface area contributed by atoms with Crippen LogP contribution in [0.3, 0.4) is 0 Å². The van der Waals surface area contributed by atoms with Crippen LogP contribution in [-0.4, -0.2) is 47.0 Å². The fraction of sp³-hybridized carbons (Fsp3) is 0.583. The average molecular weight is 253 g/mol. The molecule has 0 saturated carbocycles. The van der Waals surface area contributed by atoms with E-state index in [2.05, 4.69) is 40.0 Å². The molecule has 17 heavy (non-hydrogen) atoms. The van der Waals surface area contributed by atoms with Gasteiger partial charge in [0.2, 0.25) is 5.88 Å². The van der Waals surface area contributed by atoms with Gasteiger partial charge >= 0.3 is 0 Å². The second-order valence-electron chi connectivity index (χ2n) is 4.46. The van der Waals surface area contributed by atoms with Gasteiger partial charge in [-0.1, -0.05) is 18.9 Å². The summed E-state index contributed by atoms with van der Waals surface area (Å²) in [5, 5.41) is 0. The molecule has 0 bridgehead atoms. The quantitative estimate of drug-likeness (QED) is 0.825. The Kier molecular flexibility index (Phi) is 4.25. The lowest BCUT2D eigenvalue weighted by Gasteiger charge is -2.36. The van der Waals surface area contributed by atoms with Gasteiger partial charge < -0.3 is 4.74 Å². The highest BCUT2D eigenvalue weighted by Gasteiger charge is 2.21. The minimum Gasteiger partial charge on any atom is -0.481 e. The van der Waals surface area contributed by atoms with Crippen molar-refractivity contribution < 1.29 is 4.74 Å². The van der Waals surface area contributed by atoms with Crippen LogP contribution < -0.4 is 4.74 Å². The number of aromatic nitrogens is 1. The van der Waals surface area contributed by atoms with Crippen molar-refractivity contribution in [2.75, 3.05) is 26.7 Å². The summed E-state index contributed by atoms with van der Waals surface area (Å²) in [5.74, 6) is 0.669. The molecule has 1 atom stereocenters. The summed E-state index contributed by atoms with van der Waals surface area (Å²) in [6.45, 7) is 6.26. The van der Waals surface area contributed by atoms with Crippen molar-refractivity contribution in [2.24, 2.45) is 0 Å². The normalized spacial score (nSPS) is 22.6. The molecular formula is C12H19N3OS. The summed E-state index contributed by atoms with van der Waals surface area (Å²) in [7, 11) is 1.63. The van der Waals surface area contributed by atoms with Crippen molar-refractivity contribution in [3.05, 3.63) is 23.9 Å². The molecule has 0 aliphatic carbocycles. The fourth-order valence-corrected chi connectivity index (χ4v) is 2.21. The Bertz CT molecular complexity index is 357. The third-order valence-corrected chi connectivity index (χ3v) is 3.68. The highest BCUT2D eigenvalue weighted by atomic mass is 32.1. The number of hydrogen-bond acceptors (Lipinski definition) is 5. The minimum absolute atomic E-state index is 0.498. The second-order valence-corrected chi connectivity index (χ2v) is 4.97. The molecule has 0 spiro atoms. The Hall–Kier alpha value is -0.780. The number of pyridine rings is 1. The van der Waals surface area contributed by atoms with E-state index in [0.29, 0.717) is 11.9 Å². The first-order valence-corrected chi connectivity index (χ1v) is 6.26. The molecule has 1 unspecified atom stereocenters. The first kappa shape index (κ1) is 12.7. The molecule has 0 N–H and O–H groups in total. The molecule has 5 heteroatoms. The van der Waals surface area contributed by atoms with Crippen LogP contribution in [0.4, 0.5) is 0 Å². The maximum absolute atomic E-state index is 5.05. The van der Waals surface area contributed by atoms with Crippen LogP contribution in [0.5, 0.6) is 5.88 Å². The van der Waals surface area contributed by atoms with Gasteiger partial charge in [-0.05, 0) is 12.5 Å². The first-order chi connectivity index (χ1) is 8.19. The van der Waals surface area contributed by atoms with Crippen LogP contribution in [0.2, 0.25) is 0 Å². The molecule has 0 radical (unpaired) electrons. The summed E-state index contributed by atoms with van der Waals surface area (Å²) >= 11 is 4.43. The van der Waals surface area contributed by atoms with Crippen molar-refractivity contribution in [3.8, 4) is 5.88 Å². The zero-order valence-electron chi connectivity index (χ0n) is 10.3. The SMILES string of the molecule is COc1ccc(CN2CCN(S)C(C)C2)cn1. The van der Waals surface area contributed by atoms with Gasteiger partial charge in [-0.15, -0.1) is 0 Å². The molecule has 94 valence electrons. The van der Waals surface area contributed by atoms with E-state index < -0.39 is 0 Å². The minimum atomic E-state index is 0.498. The van der Waals surface area contributed by atoms with Crippen LogP contribution in [-0.2, 0) is 6.54 Å². The monoisotopic (exact) mass is 253 g/mol. The van der Waals surface area contributed by atoms with Crippen molar-refractivity contribution in [2.45, 2.75) is 19.5 Å². The molecule has 4 nitrogen and oxygen atoms in total. The van der Waals surface area contributed by atoms with Crippen LogP contribution in [0.25, 0.3) is 0 Å². The van der Waals surface area contributed by atoms with Gasteiger partial charge in [-0.25, -0.2) is 9.29 Å². The van der Waals surface area contributed by atoms with Crippen molar-refractivity contribution >= 4 is 12.8 Å². The predicted molar refractivity (Wildman–Crippen MR) is 71.2 cm³/mol. The highest BCUT2D eigenvalue weighted by molar-refractivity contribution is 7.77. The summed E-state index contributed by atoms with van der Waals surface area (Å²) in [6, 6.07) is 4.48. The fourth-order valence-electron chi connectivity index (χ4n) is 2.05. The van der Waals surface area contributed by atoms with E-state index in [1.165, 1.54) is 5.56 Å². The number of ether oxygens (including phenoxy) is 1. The number of rotatable bonds is 3. The molecule has 1 fully saturated rings.